The molecule has 5 rings (SSSR count). The summed E-state index contributed by atoms with van der Waals surface area (Å²) in [6.45, 7) is 2.95. The highest BCUT2D eigenvalue weighted by Gasteiger charge is 2.38. The molecule has 1 heterocycles. The number of para-hydroxylation sites is 1. The summed E-state index contributed by atoms with van der Waals surface area (Å²) in [5, 5.41) is 0.766. The highest BCUT2D eigenvalue weighted by Crippen LogP contribution is 2.39. The van der Waals surface area contributed by atoms with Gasteiger partial charge in [0.2, 0.25) is 0 Å². The largest absolute Gasteiger partial charge is 0.490 e. The monoisotopic (exact) mass is 512 g/mol. The maximum Gasteiger partial charge on any atom is 0.267 e. The van der Waals surface area contributed by atoms with Gasteiger partial charge >= 0.3 is 0 Å². The van der Waals surface area contributed by atoms with Gasteiger partial charge in [-0.3, -0.25) is 9.69 Å². The summed E-state index contributed by atoms with van der Waals surface area (Å²) < 4.78 is 12.0. The van der Waals surface area contributed by atoms with Crippen LogP contribution >= 0.6 is 11.8 Å². The summed E-state index contributed by atoms with van der Waals surface area (Å²) in [6, 6.07) is 26.0. The third-order valence-electron chi connectivity index (χ3n) is 6.56. The molecule has 0 spiro atoms. The second-order valence-corrected chi connectivity index (χ2v) is 10.2. The van der Waals surface area contributed by atoms with Crippen LogP contribution in [0.1, 0.15) is 50.2 Å². The van der Waals surface area contributed by atoms with Crippen molar-refractivity contribution in [1.82, 2.24) is 4.90 Å². The normalized spacial score (nSPS) is 18.5. The van der Waals surface area contributed by atoms with Crippen LogP contribution in [0.2, 0.25) is 0 Å². The SMILES string of the molecule is CCOc1cc(C=C2SC(=Nc3ccccc3)N(C3CCCCC3)C2=O)ccc1OCc1ccccc1. The Bertz CT molecular complexity index is 1270. The van der Waals surface area contributed by atoms with Gasteiger partial charge in [0.15, 0.2) is 16.7 Å². The summed E-state index contributed by atoms with van der Waals surface area (Å²) in [4.78, 5) is 21.1. The predicted octanol–water partition coefficient (Wildman–Crippen LogP) is 7.60. The van der Waals surface area contributed by atoms with Crippen LogP contribution in [0.25, 0.3) is 6.08 Å². The number of carbonyl (C=O) groups excluding carboxylic acids is 1. The fraction of sp³-hybridized carbons (Fsp3) is 0.290. The third kappa shape index (κ3) is 6.25. The predicted molar refractivity (Wildman–Crippen MR) is 151 cm³/mol. The Kier molecular flexibility index (Phi) is 8.26. The van der Waals surface area contributed by atoms with Gasteiger partial charge in [-0.15, -0.1) is 0 Å². The lowest BCUT2D eigenvalue weighted by atomic mass is 9.94. The molecule has 37 heavy (non-hydrogen) atoms. The first-order valence-electron chi connectivity index (χ1n) is 13.0. The van der Waals surface area contributed by atoms with E-state index in [1.54, 1.807) is 0 Å². The first kappa shape index (κ1) is 25.2. The van der Waals surface area contributed by atoms with E-state index in [0.29, 0.717) is 29.6 Å². The van der Waals surface area contributed by atoms with Crippen LogP contribution < -0.4 is 9.47 Å². The molecule has 0 N–H and O–H groups in total. The van der Waals surface area contributed by atoms with Crippen molar-refractivity contribution in [3.63, 3.8) is 0 Å². The van der Waals surface area contributed by atoms with Gasteiger partial charge in [-0.05, 0) is 73.0 Å². The standard InChI is InChI=1S/C31H32N2O3S/c1-2-35-28-20-24(18-19-27(28)36-22-23-12-6-3-7-13-23)21-29-30(34)33(26-16-10-5-11-17-26)31(37-29)32-25-14-8-4-9-15-25/h3-4,6-9,12-15,18-21,26H,2,5,10-11,16-17,22H2,1H3. The minimum Gasteiger partial charge on any atom is -0.490 e. The second-order valence-electron chi connectivity index (χ2n) is 9.22. The number of nitrogens with zero attached hydrogens (tertiary/aromatic N) is 2. The van der Waals surface area contributed by atoms with Gasteiger partial charge < -0.3 is 9.47 Å². The maximum absolute atomic E-state index is 13.6. The molecular weight excluding hydrogens is 480 g/mol. The summed E-state index contributed by atoms with van der Waals surface area (Å²) in [6.07, 6.45) is 7.53. The molecule has 1 amide bonds. The molecule has 0 unspecified atom stereocenters. The Morgan fingerprint density at radius 1 is 0.919 bits per heavy atom. The summed E-state index contributed by atoms with van der Waals surface area (Å²) >= 11 is 1.46. The van der Waals surface area contributed by atoms with Crippen LogP contribution in [0, 0.1) is 0 Å². The topological polar surface area (TPSA) is 51.1 Å². The van der Waals surface area contributed by atoms with Crippen LogP contribution in [0.3, 0.4) is 0 Å². The third-order valence-corrected chi connectivity index (χ3v) is 7.54. The molecule has 0 radical (unpaired) electrons. The van der Waals surface area contributed by atoms with E-state index in [-0.39, 0.29) is 11.9 Å². The van der Waals surface area contributed by atoms with E-state index in [1.165, 1.54) is 18.2 Å². The first-order chi connectivity index (χ1) is 18.2. The van der Waals surface area contributed by atoms with Gasteiger partial charge in [0.1, 0.15) is 6.61 Å². The molecule has 190 valence electrons. The molecule has 0 bridgehead atoms. The number of aliphatic imine (C=N–C) groups is 1. The van der Waals surface area contributed by atoms with Crippen molar-refractivity contribution < 1.29 is 14.3 Å². The Morgan fingerprint density at radius 3 is 2.38 bits per heavy atom. The molecule has 1 aliphatic carbocycles. The number of ether oxygens (including phenoxy) is 2. The molecule has 0 atom stereocenters. The van der Waals surface area contributed by atoms with E-state index in [1.807, 2.05) is 96.8 Å². The number of benzene rings is 3. The van der Waals surface area contributed by atoms with Crippen molar-refractivity contribution in [2.45, 2.75) is 51.7 Å². The number of rotatable bonds is 8. The second kappa shape index (κ2) is 12.2. The van der Waals surface area contributed by atoms with Crippen LogP contribution in [-0.4, -0.2) is 28.6 Å². The minimum atomic E-state index is 0.0361. The van der Waals surface area contributed by atoms with Crippen molar-refractivity contribution in [3.8, 4) is 11.5 Å². The Labute approximate surface area is 223 Å². The molecule has 3 aromatic rings. The highest BCUT2D eigenvalue weighted by molar-refractivity contribution is 8.18. The first-order valence-corrected chi connectivity index (χ1v) is 13.8. The minimum absolute atomic E-state index is 0.0361. The molecule has 1 saturated heterocycles. The average Bonchev–Trinajstić information content (AvgIpc) is 3.24. The lowest BCUT2D eigenvalue weighted by Gasteiger charge is -2.30. The van der Waals surface area contributed by atoms with Gasteiger partial charge in [0, 0.05) is 6.04 Å². The quantitative estimate of drug-likeness (QED) is 0.292. The zero-order chi connectivity index (χ0) is 25.5. The number of amidine groups is 1. The van der Waals surface area contributed by atoms with Gasteiger partial charge in [0.25, 0.3) is 5.91 Å². The Morgan fingerprint density at radius 2 is 1.65 bits per heavy atom. The molecule has 2 fully saturated rings. The zero-order valence-electron chi connectivity index (χ0n) is 21.1. The van der Waals surface area contributed by atoms with E-state index < -0.39 is 0 Å². The molecule has 1 aliphatic heterocycles. The molecule has 5 nitrogen and oxygen atoms in total. The highest BCUT2D eigenvalue weighted by atomic mass is 32.2. The van der Waals surface area contributed by atoms with E-state index in [4.69, 9.17) is 14.5 Å². The Hall–Kier alpha value is -3.51. The molecule has 2 aliphatic rings. The lowest BCUT2D eigenvalue weighted by molar-refractivity contribution is -0.124. The van der Waals surface area contributed by atoms with Crippen LogP contribution in [-0.2, 0) is 11.4 Å². The van der Waals surface area contributed by atoms with Crippen molar-refractivity contribution >= 4 is 34.6 Å². The van der Waals surface area contributed by atoms with Gasteiger partial charge in [-0.1, -0.05) is 73.9 Å². The molecule has 6 heteroatoms. The smallest absolute Gasteiger partial charge is 0.267 e. The van der Waals surface area contributed by atoms with Gasteiger partial charge in [0.05, 0.1) is 17.2 Å². The van der Waals surface area contributed by atoms with Crippen molar-refractivity contribution in [3.05, 3.63) is 94.9 Å². The fourth-order valence-corrected chi connectivity index (χ4v) is 5.79. The summed E-state index contributed by atoms with van der Waals surface area (Å²) in [5.74, 6) is 1.40. The number of carbonyl (C=O) groups is 1. The van der Waals surface area contributed by atoms with Crippen molar-refractivity contribution in [1.29, 1.82) is 0 Å². The zero-order valence-corrected chi connectivity index (χ0v) is 22.0. The van der Waals surface area contributed by atoms with Gasteiger partial charge in [-0.25, -0.2) is 4.99 Å². The molecule has 1 saturated carbocycles. The maximum atomic E-state index is 13.6. The van der Waals surface area contributed by atoms with Crippen LogP contribution in [0.15, 0.2) is 88.8 Å². The van der Waals surface area contributed by atoms with Crippen molar-refractivity contribution in [2.75, 3.05) is 6.61 Å². The van der Waals surface area contributed by atoms with E-state index in [2.05, 4.69) is 0 Å². The molecule has 3 aromatic carbocycles. The number of hydrogen-bond donors (Lipinski definition) is 0. The van der Waals surface area contributed by atoms with E-state index in [0.717, 1.165) is 47.7 Å². The van der Waals surface area contributed by atoms with E-state index >= 15 is 0 Å². The lowest BCUT2D eigenvalue weighted by Crippen LogP contribution is -2.40. The number of hydrogen-bond acceptors (Lipinski definition) is 5. The van der Waals surface area contributed by atoms with Crippen LogP contribution in [0.5, 0.6) is 11.5 Å². The van der Waals surface area contributed by atoms with Gasteiger partial charge in [-0.2, -0.15) is 0 Å². The average molecular weight is 513 g/mol. The summed E-state index contributed by atoms with van der Waals surface area (Å²) in [5.41, 5.74) is 2.85. The number of thioether (sulfide) groups is 1. The molecule has 0 aromatic heterocycles. The number of amides is 1. The molecular formula is C31H32N2O3S. The Balaban J connectivity index is 1.41. The van der Waals surface area contributed by atoms with E-state index in [9.17, 15) is 4.79 Å². The fourth-order valence-electron chi connectivity index (χ4n) is 4.73. The van der Waals surface area contributed by atoms with Crippen molar-refractivity contribution in [2.24, 2.45) is 4.99 Å². The summed E-state index contributed by atoms with van der Waals surface area (Å²) in [7, 11) is 0. The van der Waals surface area contributed by atoms with Crippen LogP contribution in [0.4, 0.5) is 5.69 Å².